The van der Waals surface area contributed by atoms with Crippen LogP contribution in [0.2, 0.25) is 0 Å². The highest BCUT2D eigenvalue weighted by molar-refractivity contribution is 5.76. The molecule has 0 saturated heterocycles. The smallest absolute Gasteiger partial charge is 0.331 e. The fourth-order valence-corrected chi connectivity index (χ4v) is 2.50. The predicted octanol–water partition coefficient (Wildman–Crippen LogP) is -0.0114. The summed E-state index contributed by atoms with van der Waals surface area (Å²) in [5.74, 6) is -0.153. The average molecular weight is 304 g/mol. The van der Waals surface area contributed by atoms with Crippen molar-refractivity contribution in [3.63, 3.8) is 0 Å². The van der Waals surface area contributed by atoms with Crippen LogP contribution < -0.4 is 16.6 Å². The number of hydrogen-bond acceptors (Lipinski definition) is 4. The van der Waals surface area contributed by atoms with Gasteiger partial charge in [0.25, 0.3) is 5.56 Å². The Labute approximate surface area is 128 Å². The molecule has 1 aromatic heterocycles. The van der Waals surface area contributed by atoms with Gasteiger partial charge < -0.3 is 5.32 Å². The van der Waals surface area contributed by atoms with Crippen molar-refractivity contribution in [2.75, 3.05) is 0 Å². The molecule has 0 radical (unpaired) electrons. The molecule has 1 aromatic rings. The van der Waals surface area contributed by atoms with Gasteiger partial charge in [0.1, 0.15) is 18.2 Å². The molecule has 22 heavy (non-hydrogen) atoms. The van der Waals surface area contributed by atoms with Gasteiger partial charge in [0, 0.05) is 18.3 Å². The van der Waals surface area contributed by atoms with Crippen LogP contribution in [-0.2, 0) is 24.3 Å². The Morgan fingerprint density at radius 2 is 2.05 bits per heavy atom. The van der Waals surface area contributed by atoms with Crippen molar-refractivity contribution in [2.45, 2.75) is 52.7 Å². The summed E-state index contributed by atoms with van der Waals surface area (Å²) in [5.41, 5.74) is -0.719. The Morgan fingerprint density at radius 1 is 1.36 bits per heavy atom. The summed E-state index contributed by atoms with van der Waals surface area (Å²) < 4.78 is 2.29. The molecular weight excluding hydrogens is 284 g/mol. The maximum absolute atomic E-state index is 12.3. The molecular formula is C15H20N4O3. The van der Waals surface area contributed by atoms with Crippen molar-refractivity contribution in [1.82, 2.24) is 14.5 Å². The Morgan fingerprint density at radius 3 is 2.64 bits per heavy atom. The number of nitrogens with one attached hydrogen (secondary N) is 1. The lowest BCUT2D eigenvalue weighted by atomic mass is 10.1. The Balaban J connectivity index is 2.37. The van der Waals surface area contributed by atoms with Gasteiger partial charge in [-0.25, -0.2) is 9.36 Å². The first kappa shape index (κ1) is 16.0. The van der Waals surface area contributed by atoms with Crippen LogP contribution in [0.15, 0.2) is 9.59 Å². The highest BCUT2D eigenvalue weighted by atomic mass is 16.2. The molecule has 1 aliphatic heterocycles. The summed E-state index contributed by atoms with van der Waals surface area (Å²) in [6, 6.07) is 1.81. The van der Waals surface area contributed by atoms with Gasteiger partial charge in [0.15, 0.2) is 0 Å². The summed E-state index contributed by atoms with van der Waals surface area (Å²) in [4.78, 5) is 36.7. The number of nitrogens with zero attached hydrogens (tertiary/aromatic N) is 3. The second-order valence-electron chi connectivity index (χ2n) is 5.96. The van der Waals surface area contributed by atoms with Crippen LogP contribution in [-0.4, -0.2) is 21.1 Å². The number of aromatic nitrogens is 2. The van der Waals surface area contributed by atoms with Crippen molar-refractivity contribution in [3.05, 3.63) is 32.1 Å². The van der Waals surface area contributed by atoms with E-state index in [9.17, 15) is 19.6 Å². The highest BCUT2D eigenvalue weighted by Gasteiger charge is 2.23. The number of rotatable bonds is 4. The average Bonchev–Trinajstić information content (AvgIpc) is 2.93. The van der Waals surface area contributed by atoms with E-state index in [2.05, 4.69) is 5.32 Å². The second kappa shape index (κ2) is 6.18. The van der Waals surface area contributed by atoms with E-state index in [1.165, 1.54) is 4.57 Å². The molecule has 1 N–H and O–H groups in total. The zero-order valence-corrected chi connectivity index (χ0v) is 13.0. The highest BCUT2D eigenvalue weighted by Crippen LogP contribution is 2.13. The van der Waals surface area contributed by atoms with Crippen LogP contribution in [0.3, 0.4) is 0 Å². The lowest BCUT2D eigenvalue weighted by Gasteiger charge is -2.18. The molecule has 0 bridgehead atoms. The molecule has 0 aliphatic carbocycles. The lowest BCUT2D eigenvalue weighted by molar-refractivity contribution is -0.122. The molecule has 0 aromatic carbocycles. The van der Waals surface area contributed by atoms with Gasteiger partial charge in [0.05, 0.1) is 0 Å². The van der Waals surface area contributed by atoms with E-state index in [0.29, 0.717) is 18.7 Å². The summed E-state index contributed by atoms with van der Waals surface area (Å²) >= 11 is 0. The third kappa shape index (κ3) is 2.82. The van der Waals surface area contributed by atoms with E-state index in [1.54, 1.807) is 0 Å². The predicted molar refractivity (Wildman–Crippen MR) is 80.4 cm³/mol. The minimum atomic E-state index is -0.673. The summed E-state index contributed by atoms with van der Waals surface area (Å²) in [6.07, 6.45) is 1.27. The summed E-state index contributed by atoms with van der Waals surface area (Å²) in [7, 11) is 0. The zero-order valence-electron chi connectivity index (χ0n) is 13.0. The van der Waals surface area contributed by atoms with Gasteiger partial charge in [-0.3, -0.25) is 14.2 Å². The molecule has 7 nitrogen and oxygen atoms in total. The van der Waals surface area contributed by atoms with Crippen LogP contribution in [0.5, 0.6) is 0 Å². The SMILES string of the molecule is CC(C)[C@H](C)NC(=O)Cn1c(=O)c(C#N)c2n(c1=O)CCC2. The van der Waals surface area contributed by atoms with Gasteiger partial charge in [-0.15, -0.1) is 0 Å². The van der Waals surface area contributed by atoms with Crippen LogP contribution in [0.4, 0.5) is 0 Å². The first-order chi connectivity index (χ1) is 10.4. The Bertz CT molecular complexity index is 752. The Kier molecular flexibility index (Phi) is 4.50. The van der Waals surface area contributed by atoms with Crippen molar-refractivity contribution in [2.24, 2.45) is 5.92 Å². The molecule has 2 heterocycles. The van der Waals surface area contributed by atoms with E-state index in [0.717, 1.165) is 11.0 Å². The molecule has 0 unspecified atom stereocenters. The molecule has 118 valence electrons. The van der Waals surface area contributed by atoms with Crippen LogP contribution in [0, 0.1) is 17.2 Å². The largest absolute Gasteiger partial charge is 0.352 e. The molecule has 2 rings (SSSR count). The third-order valence-electron chi connectivity index (χ3n) is 4.13. The number of fused-ring (bicyclic) bond motifs is 1. The van der Waals surface area contributed by atoms with Crippen LogP contribution >= 0.6 is 0 Å². The van der Waals surface area contributed by atoms with Crippen LogP contribution in [0.1, 0.15) is 38.4 Å². The number of carbonyl (C=O) groups excluding carboxylic acids is 1. The molecule has 0 saturated carbocycles. The first-order valence-electron chi connectivity index (χ1n) is 7.42. The van der Waals surface area contributed by atoms with Gasteiger partial charge in [-0.1, -0.05) is 13.8 Å². The molecule has 7 heteroatoms. The minimum absolute atomic E-state index is 0.0261. The van der Waals surface area contributed by atoms with Gasteiger partial charge in [-0.2, -0.15) is 5.26 Å². The Hall–Kier alpha value is -2.36. The number of carbonyl (C=O) groups is 1. The van der Waals surface area contributed by atoms with Gasteiger partial charge >= 0.3 is 5.69 Å². The number of amides is 1. The molecule has 1 aliphatic rings. The third-order valence-corrected chi connectivity index (χ3v) is 4.13. The quantitative estimate of drug-likeness (QED) is 0.846. The number of hydrogen-bond donors (Lipinski definition) is 1. The van der Waals surface area contributed by atoms with E-state index in [4.69, 9.17) is 0 Å². The topological polar surface area (TPSA) is 96.9 Å². The second-order valence-corrected chi connectivity index (χ2v) is 5.96. The lowest BCUT2D eigenvalue weighted by Crippen LogP contribution is -2.46. The normalized spacial score (nSPS) is 14.5. The van der Waals surface area contributed by atoms with Crippen molar-refractivity contribution < 1.29 is 4.79 Å². The summed E-state index contributed by atoms with van der Waals surface area (Å²) in [6.45, 7) is 5.92. The van der Waals surface area contributed by atoms with Crippen LogP contribution in [0.25, 0.3) is 0 Å². The standard InChI is InChI=1S/C15H20N4O3/c1-9(2)10(3)17-13(20)8-19-14(21)11(7-16)12-5-4-6-18(12)15(19)22/h9-10H,4-6,8H2,1-3H3,(H,17,20)/t10-/m0/s1. The minimum Gasteiger partial charge on any atom is -0.352 e. The van der Waals surface area contributed by atoms with E-state index >= 15 is 0 Å². The van der Waals surface area contributed by atoms with E-state index in [1.807, 2.05) is 26.8 Å². The molecule has 1 amide bonds. The zero-order chi connectivity index (χ0) is 16.4. The number of nitriles is 1. The molecule has 1 atom stereocenters. The summed E-state index contributed by atoms with van der Waals surface area (Å²) in [5, 5.41) is 11.9. The van der Waals surface area contributed by atoms with E-state index in [-0.39, 0.29) is 24.1 Å². The van der Waals surface area contributed by atoms with Crippen molar-refractivity contribution in [3.8, 4) is 6.07 Å². The van der Waals surface area contributed by atoms with Gasteiger partial charge in [-0.05, 0) is 25.7 Å². The van der Waals surface area contributed by atoms with Crippen molar-refractivity contribution >= 4 is 5.91 Å². The maximum Gasteiger partial charge on any atom is 0.331 e. The van der Waals surface area contributed by atoms with Gasteiger partial charge in [0.2, 0.25) is 5.91 Å². The van der Waals surface area contributed by atoms with E-state index < -0.39 is 17.2 Å². The van der Waals surface area contributed by atoms with Crippen molar-refractivity contribution in [1.29, 1.82) is 5.26 Å². The fourth-order valence-electron chi connectivity index (χ4n) is 2.50. The monoisotopic (exact) mass is 304 g/mol. The first-order valence-corrected chi connectivity index (χ1v) is 7.42. The maximum atomic E-state index is 12.3. The molecule has 0 fully saturated rings. The fraction of sp³-hybridized carbons (Fsp3) is 0.600. The molecule has 0 spiro atoms.